The van der Waals surface area contributed by atoms with Gasteiger partial charge in [0.2, 0.25) is 0 Å². The van der Waals surface area contributed by atoms with Gasteiger partial charge in [-0.25, -0.2) is 0 Å². The molecule has 1 aliphatic rings. The molecule has 2 rings (SSSR count). The summed E-state index contributed by atoms with van der Waals surface area (Å²) in [5.74, 6) is 0. The average Bonchev–Trinajstić information content (AvgIpc) is 3.10. The lowest BCUT2D eigenvalue weighted by Gasteiger charge is -2.16. The van der Waals surface area contributed by atoms with Crippen LogP contribution < -0.4 is 5.32 Å². The molecule has 1 fully saturated rings. The molecule has 1 aromatic rings. The summed E-state index contributed by atoms with van der Waals surface area (Å²) in [6.07, 6.45) is 2.98. The fourth-order valence-corrected chi connectivity index (χ4v) is 2.44. The molecule has 2 N–H and O–H groups in total. The van der Waals surface area contributed by atoms with E-state index in [1.165, 1.54) is 6.07 Å². The van der Waals surface area contributed by atoms with Crippen molar-refractivity contribution in [2.24, 2.45) is 5.41 Å². The van der Waals surface area contributed by atoms with Crippen LogP contribution in [0.2, 0.25) is 5.02 Å². The molecular formula is C13H17ClN2O3. The Balaban J connectivity index is 2.09. The normalized spacial score (nSPS) is 16.2. The van der Waals surface area contributed by atoms with Crippen LogP contribution >= 0.6 is 11.6 Å². The third-order valence-corrected chi connectivity index (χ3v) is 4.05. The molecule has 0 radical (unpaired) electrons. The second kappa shape index (κ2) is 5.35. The van der Waals surface area contributed by atoms with Gasteiger partial charge in [0, 0.05) is 24.8 Å². The lowest BCUT2D eigenvalue weighted by molar-refractivity contribution is -0.385. The summed E-state index contributed by atoms with van der Waals surface area (Å²) >= 11 is 6.06. The molecular weight excluding hydrogens is 268 g/mol. The van der Waals surface area contributed by atoms with Crippen LogP contribution in [0.3, 0.4) is 0 Å². The van der Waals surface area contributed by atoms with Gasteiger partial charge in [0.1, 0.15) is 0 Å². The lowest BCUT2D eigenvalue weighted by atomic mass is 10.0. The Morgan fingerprint density at radius 1 is 1.53 bits per heavy atom. The van der Waals surface area contributed by atoms with Crippen molar-refractivity contribution in [3.63, 3.8) is 0 Å². The van der Waals surface area contributed by atoms with E-state index in [9.17, 15) is 10.1 Å². The molecule has 0 atom stereocenters. The highest BCUT2D eigenvalue weighted by Crippen LogP contribution is 2.48. The van der Waals surface area contributed by atoms with Crippen LogP contribution in [-0.4, -0.2) is 23.2 Å². The minimum absolute atomic E-state index is 0.0343. The largest absolute Gasteiger partial charge is 0.396 e. The van der Waals surface area contributed by atoms with E-state index in [4.69, 9.17) is 16.7 Å². The molecule has 0 aliphatic heterocycles. The van der Waals surface area contributed by atoms with E-state index in [0.29, 0.717) is 16.3 Å². The summed E-state index contributed by atoms with van der Waals surface area (Å²) in [5, 5.41) is 23.4. The molecule has 19 heavy (non-hydrogen) atoms. The van der Waals surface area contributed by atoms with Gasteiger partial charge in [-0.1, -0.05) is 11.6 Å². The molecule has 0 spiro atoms. The number of halogens is 1. The van der Waals surface area contributed by atoms with Crippen LogP contribution in [0, 0.1) is 22.5 Å². The first-order valence-electron chi connectivity index (χ1n) is 6.27. The maximum atomic E-state index is 10.8. The number of nitrogens with zero attached hydrogens (tertiary/aromatic N) is 1. The monoisotopic (exact) mass is 284 g/mol. The topological polar surface area (TPSA) is 75.4 Å². The molecule has 6 heteroatoms. The van der Waals surface area contributed by atoms with Crippen LogP contribution in [0.4, 0.5) is 11.4 Å². The van der Waals surface area contributed by atoms with Crippen molar-refractivity contribution in [2.75, 3.05) is 18.5 Å². The smallest absolute Gasteiger partial charge is 0.273 e. The standard InChI is InChI=1S/C13H17ClN2O3/c1-9-6-11(10(14)7-12(9)16(18)19)15-8-13(2-3-13)4-5-17/h6-7,15,17H,2-5,8H2,1H3. The first-order chi connectivity index (χ1) is 8.97. The molecule has 0 bridgehead atoms. The second-order valence-electron chi connectivity index (χ2n) is 5.20. The van der Waals surface area contributed by atoms with Crippen molar-refractivity contribution in [3.8, 4) is 0 Å². The predicted molar refractivity (Wildman–Crippen MR) is 74.7 cm³/mol. The van der Waals surface area contributed by atoms with E-state index in [2.05, 4.69) is 5.32 Å². The summed E-state index contributed by atoms with van der Waals surface area (Å²) in [6.45, 7) is 2.62. The van der Waals surface area contributed by atoms with Gasteiger partial charge in [-0.3, -0.25) is 10.1 Å². The molecule has 0 amide bonds. The molecule has 0 saturated heterocycles. The van der Waals surface area contributed by atoms with E-state index in [0.717, 1.165) is 25.8 Å². The first-order valence-corrected chi connectivity index (χ1v) is 6.64. The Morgan fingerprint density at radius 3 is 2.74 bits per heavy atom. The molecule has 0 unspecified atom stereocenters. The molecule has 104 valence electrons. The summed E-state index contributed by atoms with van der Waals surface area (Å²) < 4.78 is 0. The van der Waals surface area contributed by atoms with E-state index in [1.807, 2.05) is 0 Å². The predicted octanol–water partition coefficient (Wildman–Crippen LogP) is 3.13. The van der Waals surface area contributed by atoms with Crippen molar-refractivity contribution in [2.45, 2.75) is 26.2 Å². The summed E-state index contributed by atoms with van der Waals surface area (Å²) in [4.78, 5) is 10.4. The number of aliphatic hydroxyl groups is 1. The molecule has 0 heterocycles. The third-order valence-electron chi connectivity index (χ3n) is 3.74. The number of hydrogen-bond donors (Lipinski definition) is 2. The highest BCUT2D eigenvalue weighted by molar-refractivity contribution is 6.33. The fraction of sp³-hybridized carbons (Fsp3) is 0.538. The average molecular weight is 285 g/mol. The number of aryl methyl sites for hydroxylation is 1. The molecule has 1 saturated carbocycles. The number of nitro groups is 1. The lowest BCUT2D eigenvalue weighted by Crippen LogP contribution is -2.17. The Morgan fingerprint density at radius 2 is 2.21 bits per heavy atom. The number of nitrogens with one attached hydrogen (secondary N) is 1. The zero-order chi connectivity index (χ0) is 14.0. The zero-order valence-electron chi connectivity index (χ0n) is 10.8. The van der Waals surface area contributed by atoms with E-state index < -0.39 is 4.92 Å². The van der Waals surface area contributed by atoms with E-state index in [-0.39, 0.29) is 17.7 Å². The quantitative estimate of drug-likeness (QED) is 0.621. The van der Waals surface area contributed by atoms with Gasteiger partial charge in [0.25, 0.3) is 5.69 Å². The van der Waals surface area contributed by atoms with Crippen LogP contribution in [0.15, 0.2) is 12.1 Å². The zero-order valence-corrected chi connectivity index (χ0v) is 11.5. The van der Waals surface area contributed by atoms with Gasteiger partial charge in [-0.2, -0.15) is 0 Å². The van der Waals surface area contributed by atoms with Crippen LogP contribution in [0.25, 0.3) is 0 Å². The summed E-state index contributed by atoms with van der Waals surface area (Å²) in [7, 11) is 0. The van der Waals surface area contributed by atoms with Gasteiger partial charge in [-0.05, 0) is 37.7 Å². The molecule has 1 aliphatic carbocycles. The molecule has 0 aromatic heterocycles. The van der Waals surface area contributed by atoms with Crippen molar-refractivity contribution < 1.29 is 10.0 Å². The summed E-state index contributed by atoms with van der Waals surface area (Å²) in [5.41, 5.74) is 1.51. The van der Waals surface area contributed by atoms with Crippen LogP contribution in [0.1, 0.15) is 24.8 Å². The van der Waals surface area contributed by atoms with Gasteiger partial charge < -0.3 is 10.4 Å². The van der Waals surface area contributed by atoms with Gasteiger partial charge >= 0.3 is 0 Å². The SMILES string of the molecule is Cc1cc(NCC2(CCO)CC2)c(Cl)cc1[N+](=O)[O-]. The number of rotatable bonds is 6. The van der Waals surface area contributed by atoms with Gasteiger partial charge in [-0.15, -0.1) is 0 Å². The second-order valence-corrected chi connectivity index (χ2v) is 5.61. The minimum Gasteiger partial charge on any atom is -0.396 e. The van der Waals surface area contributed by atoms with Crippen LogP contribution in [-0.2, 0) is 0 Å². The van der Waals surface area contributed by atoms with Crippen molar-refractivity contribution in [1.29, 1.82) is 0 Å². The Bertz CT molecular complexity index is 501. The minimum atomic E-state index is -0.431. The number of nitro benzene ring substituents is 1. The van der Waals surface area contributed by atoms with Crippen molar-refractivity contribution in [1.82, 2.24) is 0 Å². The fourth-order valence-electron chi connectivity index (χ4n) is 2.22. The third kappa shape index (κ3) is 3.16. The van der Waals surface area contributed by atoms with Crippen molar-refractivity contribution >= 4 is 23.0 Å². The highest BCUT2D eigenvalue weighted by Gasteiger charge is 2.41. The van der Waals surface area contributed by atoms with E-state index in [1.54, 1.807) is 13.0 Å². The number of hydrogen-bond acceptors (Lipinski definition) is 4. The van der Waals surface area contributed by atoms with Gasteiger partial charge in [0.15, 0.2) is 0 Å². The maximum absolute atomic E-state index is 10.8. The Labute approximate surface area is 116 Å². The first kappa shape index (κ1) is 14.1. The number of anilines is 1. The molecule has 1 aromatic carbocycles. The maximum Gasteiger partial charge on any atom is 0.273 e. The highest BCUT2D eigenvalue weighted by atomic mass is 35.5. The number of benzene rings is 1. The Hall–Kier alpha value is -1.33. The van der Waals surface area contributed by atoms with E-state index >= 15 is 0 Å². The van der Waals surface area contributed by atoms with Crippen molar-refractivity contribution in [3.05, 3.63) is 32.8 Å². The van der Waals surface area contributed by atoms with Crippen LogP contribution in [0.5, 0.6) is 0 Å². The molecule has 5 nitrogen and oxygen atoms in total. The summed E-state index contributed by atoms with van der Waals surface area (Å²) in [6, 6.07) is 3.08. The Kier molecular flexibility index (Phi) is 3.96. The van der Waals surface area contributed by atoms with Gasteiger partial charge in [0.05, 0.1) is 15.6 Å². The number of aliphatic hydroxyl groups excluding tert-OH is 1.